The van der Waals surface area contributed by atoms with Crippen molar-refractivity contribution in [1.82, 2.24) is 4.90 Å². The fourth-order valence-corrected chi connectivity index (χ4v) is 3.30. The Morgan fingerprint density at radius 3 is 2.27 bits per heavy atom. The second-order valence-corrected chi connectivity index (χ2v) is 6.50. The second-order valence-electron chi connectivity index (χ2n) is 6.50. The summed E-state index contributed by atoms with van der Waals surface area (Å²) < 4.78 is 0. The third-order valence-electron chi connectivity index (χ3n) is 4.75. The monoisotopic (exact) mass is 351 g/mol. The molecule has 0 N–H and O–H groups in total. The molecule has 0 aromatic heterocycles. The summed E-state index contributed by atoms with van der Waals surface area (Å²) in [6.45, 7) is 6.93. The summed E-state index contributed by atoms with van der Waals surface area (Å²) in [5.41, 5.74) is 2.99. The van der Waals surface area contributed by atoms with Crippen LogP contribution in [0.3, 0.4) is 0 Å². The molecule has 1 aliphatic heterocycles. The lowest BCUT2D eigenvalue weighted by Gasteiger charge is -2.36. The third-order valence-corrected chi connectivity index (χ3v) is 4.75. The predicted molar refractivity (Wildman–Crippen MR) is 104 cm³/mol. The summed E-state index contributed by atoms with van der Waals surface area (Å²) >= 11 is 0. The molecule has 0 saturated carbocycles. The zero-order chi connectivity index (χ0) is 18.5. The lowest BCUT2D eigenvalue weighted by atomic mass is 10.2. The Bertz CT molecular complexity index is 768. The molecule has 1 heterocycles. The van der Waals surface area contributed by atoms with Gasteiger partial charge in [0.05, 0.1) is 0 Å². The van der Waals surface area contributed by atoms with E-state index in [-0.39, 0.29) is 0 Å². The summed E-state index contributed by atoms with van der Waals surface area (Å²) in [7, 11) is 0. The van der Waals surface area contributed by atoms with Crippen molar-refractivity contribution >= 4 is 23.2 Å². The number of amides is 2. The minimum absolute atomic E-state index is 0.416. The number of carbonyl (C=O) groups is 2. The van der Waals surface area contributed by atoms with Crippen LogP contribution in [0.15, 0.2) is 54.6 Å². The first-order valence-electron chi connectivity index (χ1n) is 9.07. The summed E-state index contributed by atoms with van der Waals surface area (Å²) in [5, 5.41) is 0. The molecular formula is C21H25N3O2. The Hall–Kier alpha value is -2.82. The van der Waals surface area contributed by atoms with Crippen molar-refractivity contribution in [2.75, 3.05) is 42.5 Å². The Morgan fingerprint density at radius 2 is 1.65 bits per heavy atom. The van der Waals surface area contributed by atoms with Gasteiger partial charge in [-0.05, 0) is 43.7 Å². The number of para-hydroxylation sites is 1. The first kappa shape index (κ1) is 18.0. The van der Waals surface area contributed by atoms with Crippen LogP contribution in [0, 0.1) is 6.92 Å². The number of aryl methyl sites for hydroxylation is 1. The molecule has 0 spiro atoms. The molecule has 0 radical (unpaired) electrons. The summed E-state index contributed by atoms with van der Waals surface area (Å²) in [4.78, 5) is 30.9. The van der Waals surface area contributed by atoms with E-state index >= 15 is 0 Å². The van der Waals surface area contributed by atoms with Crippen molar-refractivity contribution in [3.8, 4) is 0 Å². The minimum Gasteiger partial charge on any atom is -0.368 e. The number of likely N-dealkylation sites (N-methyl/N-ethyl adjacent to an activating group) is 1. The maximum atomic E-state index is 12.8. The van der Waals surface area contributed by atoms with Crippen molar-refractivity contribution in [2.24, 2.45) is 0 Å². The predicted octanol–water partition coefficient (Wildman–Crippen LogP) is 2.70. The molecule has 136 valence electrons. The molecule has 3 rings (SSSR count). The normalized spacial score (nSPS) is 14.2. The van der Waals surface area contributed by atoms with Gasteiger partial charge in [-0.3, -0.25) is 9.59 Å². The van der Waals surface area contributed by atoms with Crippen LogP contribution in [0.4, 0.5) is 11.4 Å². The first-order valence-corrected chi connectivity index (χ1v) is 9.07. The quantitative estimate of drug-likeness (QED) is 0.799. The highest BCUT2D eigenvalue weighted by Crippen LogP contribution is 2.18. The highest BCUT2D eigenvalue weighted by atomic mass is 16.2. The Balaban J connectivity index is 1.64. The average molecular weight is 351 g/mol. The van der Waals surface area contributed by atoms with Gasteiger partial charge in [-0.2, -0.15) is 0 Å². The third kappa shape index (κ3) is 3.87. The number of carbonyl (C=O) groups excluding carboxylic acids is 2. The van der Waals surface area contributed by atoms with Crippen LogP contribution in [0.5, 0.6) is 0 Å². The topological polar surface area (TPSA) is 43.9 Å². The number of hydrogen-bond donors (Lipinski definition) is 0. The molecule has 0 unspecified atom stereocenters. The van der Waals surface area contributed by atoms with Crippen LogP contribution in [-0.2, 0) is 9.59 Å². The van der Waals surface area contributed by atoms with Gasteiger partial charge in [0.1, 0.15) is 0 Å². The molecule has 0 bridgehead atoms. The molecule has 0 aliphatic carbocycles. The molecule has 1 fully saturated rings. The Morgan fingerprint density at radius 1 is 0.962 bits per heavy atom. The second kappa shape index (κ2) is 8.04. The van der Waals surface area contributed by atoms with Crippen LogP contribution in [-0.4, -0.2) is 49.4 Å². The van der Waals surface area contributed by atoms with Gasteiger partial charge < -0.3 is 14.7 Å². The number of piperazine rings is 1. The van der Waals surface area contributed by atoms with Crippen molar-refractivity contribution < 1.29 is 9.59 Å². The maximum Gasteiger partial charge on any atom is 0.316 e. The fraction of sp³-hybridized carbons (Fsp3) is 0.333. The van der Waals surface area contributed by atoms with Crippen molar-refractivity contribution in [3.05, 3.63) is 60.2 Å². The van der Waals surface area contributed by atoms with E-state index in [0.29, 0.717) is 19.6 Å². The van der Waals surface area contributed by atoms with Crippen LogP contribution in [0.25, 0.3) is 0 Å². The van der Waals surface area contributed by atoms with E-state index in [9.17, 15) is 9.59 Å². The van der Waals surface area contributed by atoms with E-state index in [0.717, 1.165) is 30.0 Å². The number of anilines is 2. The van der Waals surface area contributed by atoms with Crippen LogP contribution in [0.1, 0.15) is 12.5 Å². The molecular weight excluding hydrogens is 326 g/mol. The Kier molecular flexibility index (Phi) is 5.56. The van der Waals surface area contributed by atoms with Crippen LogP contribution >= 0.6 is 0 Å². The lowest BCUT2D eigenvalue weighted by Crippen LogP contribution is -2.53. The zero-order valence-electron chi connectivity index (χ0n) is 15.4. The van der Waals surface area contributed by atoms with Gasteiger partial charge in [-0.1, -0.05) is 30.3 Å². The zero-order valence-corrected chi connectivity index (χ0v) is 15.4. The van der Waals surface area contributed by atoms with Gasteiger partial charge in [0, 0.05) is 44.1 Å². The molecule has 2 amide bonds. The van der Waals surface area contributed by atoms with Gasteiger partial charge in [0.15, 0.2) is 0 Å². The average Bonchev–Trinajstić information content (AvgIpc) is 2.69. The van der Waals surface area contributed by atoms with E-state index in [4.69, 9.17) is 0 Å². The lowest BCUT2D eigenvalue weighted by molar-refractivity contribution is -0.144. The minimum atomic E-state index is -0.453. The highest BCUT2D eigenvalue weighted by molar-refractivity contribution is 6.40. The van der Waals surface area contributed by atoms with E-state index < -0.39 is 11.8 Å². The molecule has 5 heteroatoms. The molecule has 2 aromatic carbocycles. The van der Waals surface area contributed by atoms with Crippen LogP contribution < -0.4 is 9.80 Å². The number of benzene rings is 2. The van der Waals surface area contributed by atoms with Crippen molar-refractivity contribution in [1.29, 1.82) is 0 Å². The summed E-state index contributed by atoms with van der Waals surface area (Å²) in [5.74, 6) is -0.868. The molecule has 26 heavy (non-hydrogen) atoms. The van der Waals surface area contributed by atoms with E-state index in [1.54, 1.807) is 9.80 Å². The molecule has 5 nitrogen and oxygen atoms in total. The van der Waals surface area contributed by atoms with E-state index in [1.165, 1.54) is 0 Å². The maximum absolute atomic E-state index is 12.8. The first-order chi connectivity index (χ1) is 12.6. The molecule has 1 aliphatic rings. The standard InChI is InChI=1S/C21H25N3O2/c1-3-24(19-11-7-8-17(2)16-19)21(26)20(25)23-14-12-22(13-15-23)18-9-5-4-6-10-18/h4-11,16H,3,12-15H2,1-2H3. The summed E-state index contributed by atoms with van der Waals surface area (Å²) in [6.07, 6.45) is 0. The van der Waals surface area contributed by atoms with Gasteiger partial charge in [-0.25, -0.2) is 0 Å². The fourth-order valence-electron chi connectivity index (χ4n) is 3.30. The van der Waals surface area contributed by atoms with Crippen molar-refractivity contribution in [3.63, 3.8) is 0 Å². The van der Waals surface area contributed by atoms with Gasteiger partial charge in [0.2, 0.25) is 0 Å². The van der Waals surface area contributed by atoms with Gasteiger partial charge in [-0.15, -0.1) is 0 Å². The van der Waals surface area contributed by atoms with E-state index in [1.807, 2.05) is 56.3 Å². The Labute approximate surface area is 154 Å². The van der Waals surface area contributed by atoms with Gasteiger partial charge >= 0.3 is 11.8 Å². The number of hydrogen-bond acceptors (Lipinski definition) is 3. The SMILES string of the molecule is CCN(C(=O)C(=O)N1CCN(c2ccccc2)CC1)c1cccc(C)c1. The molecule has 0 atom stereocenters. The van der Waals surface area contributed by atoms with E-state index in [2.05, 4.69) is 17.0 Å². The molecule has 1 saturated heterocycles. The largest absolute Gasteiger partial charge is 0.368 e. The number of rotatable bonds is 3. The van der Waals surface area contributed by atoms with Gasteiger partial charge in [0.25, 0.3) is 0 Å². The molecule has 2 aromatic rings. The van der Waals surface area contributed by atoms with Crippen molar-refractivity contribution in [2.45, 2.75) is 13.8 Å². The summed E-state index contributed by atoms with van der Waals surface area (Å²) in [6, 6.07) is 17.8. The van der Waals surface area contributed by atoms with Crippen LogP contribution in [0.2, 0.25) is 0 Å². The highest BCUT2D eigenvalue weighted by Gasteiger charge is 2.29. The smallest absolute Gasteiger partial charge is 0.316 e. The number of nitrogens with zero attached hydrogens (tertiary/aromatic N) is 3.